The second-order valence-electron chi connectivity index (χ2n) is 4.47. The van der Waals surface area contributed by atoms with Crippen molar-refractivity contribution in [2.45, 2.75) is 37.9 Å². The third-order valence-electron chi connectivity index (χ3n) is 3.29. The lowest BCUT2D eigenvalue weighted by Crippen LogP contribution is -2.36. The summed E-state index contributed by atoms with van der Waals surface area (Å²) < 4.78 is 11.4. The summed E-state index contributed by atoms with van der Waals surface area (Å²) in [4.78, 5) is 0. The van der Waals surface area contributed by atoms with Gasteiger partial charge in [-0.25, -0.2) is 0 Å². The summed E-state index contributed by atoms with van der Waals surface area (Å²) in [5.41, 5.74) is 0.468. The van der Waals surface area contributed by atoms with Crippen LogP contribution in [0.15, 0.2) is 18.2 Å². The molecule has 0 spiro atoms. The predicted octanol–water partition coefficient (Wildman–Crippen LogP) is 3.55. The van der Waals surface area contributed by atoms with Crippen molar-refractivity contribution in [2.24, 2.45) is 0 Å². The topological polar surface area (TPSA) is 42.2 Å². The summed E-state index contributed by atoms with van der Waals surface area (Å²) in [6.07, 6.45) is 4.60. The van der Waals surface area contributed by atoms with E-state index >= 15 is 0 Å². The van der Waals surface area contributed by atoms with Gasteiger partial charge in [-0.15, -0.1) is 0 Å². The van der Waals surface area contributed by atoms with E-state index in [1.807, 2.05) is 6.07 Å². The SMILES string of the molecule is COC1CCCCC1Oc1ccc(C#N)c(Cl)c1. The van der Waals surface area contributed by atoms with Gasteiger partial charge in [-0.2, -0.15) is 5.26 Å². The van der Waals surface area contributed by atoms with Crippen molar-refractivity contribution in [3.63, 3.8) is 0 Å². The molecule has 0 heterocycles. The van der Waals surface area contributed by atoms with Gasteiger partial charge in [0.2, 0.25) is 0 Å². The summed E-state index contributed by atoms with van der Waals surface area (Å²) >= 11 is 5.98. The zero-order valence-corrected chi connectivity index (χ0v) is 11.1. The van der Waals surface area contributed by atoms with Gasteiger partial charge in [-0.3, -0.25) is 0 Å². The van der Waals surface area contributed by atoms with Crippen molar-refractivity contribution < 1.29 is 9.47 Å². The lowest BCUT2D eigenvalue weighted by Gasteiger charge is -2.30. The zero-order valence-electron chi connectivity index (χ0n) is 10.4. The molecule has 1 aliphatic rings. The van der Waals surface area contributed by atoms with Crippen LogP contribution in [0.3, 0.4) is 0 Å². The number of benzene rings is 1. The number of nitrogens with zero attached hydrogens (tertiary/aromatic N) is 1. The van der Waals surface area contributed by atoms with E-state index in [0.717, 1.165) is 19.3 Å². The van der Waals surface area contributed by atoms with E-state index in [1.54, 1.807) is 25.3 Å². The molecule has 2 rings (SSSR count). The Hall–Kier alpha value is -1.24. The maximum Gasteiger partial charge on any atom is 0.125 e. The minimum Gasteiger partial charge on any atom is -0.488 e. The van der Waals surface area contributed by atoms with E-state index in [1.165, 1.54) is 6.42 Å². The molecule has 0 saturated heterocycles. The van der Waals surface area contributed by atoms with Gasteiger partial charge in [0.25, 0.3) is 0 Å². The Kier molecular flexibility index (Phi) is 4.46. The molecule has 96 valence electrons. The van der Waals surface area contributed by atoms with E-state index in [2.05, 4.69) is 0 Å². The molecule has 0 aliphatic heterocycles. The lowest BCUT2D eigenvalue weighted by atomic mass is 9.94. The molecular formula is C14H16ClNO2. The molecule has 4 heteroatoms. The van der Waals surface area contributed by atoms with Crippen LogP contribution >= 0.6 is 11.6 Å². The van der Waals surface area contributed by atoms with Crippen LogP contribution in [0, 0.1) is 11.3 Å². The number of hydrogen-bond donors (Lipinski definition) is 0. The van der Waals surface area contributed by atoms with Crippen molar-refractivity contribution in [3.8, 4) is 11.8 Å². The molecule has 0 aromatic heterocycles. The minimum absolute atomic E-state index is 0.0766. The first kappa shape index (κ1) is 13.2. The zero-order chi connectivity index (χ0) is 13.0. The quantitative estimate of drug-likeness (QED) is 0.839. The van der Waals surface area contributed by atoms with Crippen LogP contribution in [0.25, 0.3) is 0 Å². The first-order chi connectivity index (χ1) is 8.74. The Labute approximate surface area is 112 Å². The van der Waals surface area contributed by atoms with E-state index in [4.69, 9.17) is 26.3 Å². The summed E-state index contributed by atoms with van der Waals surface area (Å²) in [5, 5.41) is 9.25. The van der Waals surface area contributed by atoms with Crippen molar-refractivity contribution in [1.29, 1.82) is 5.26 Å². The number of nitriles is 1. The monoisotopic (exact) mass is 265 g/mol. The summed E-state index contributed by atoms with van der Waals surface area (Å²) in [5.74, 6) is 0.702. The van der Waals surface area contributed by atoms with E-state index in [0.29, 0.717) is 16.3 Å². The Bertz CT molecular complexity index is 456. The van der Waals surface area contributed by atoms with Crippen LogP contribution in [0.1, 0.15) is 31.2 Å². The molecule has 1 saturated carbocycles. The third-order valence-corrected chi connectivity index (χ3v) is 3.61. The van der Waals surface area contributed by atoms with E-state index < -0.39 is 0 Å². The van der Waals surface area contributed by atoms with Crippen molar-refractivity contribution >= 4 is 11.6 Å². The molecule has 3 nitrogen and oxygen atoms in total. The molecule has 1 fully saturated rings. The van der Waals surface area contributed by atoms with Crippen LogP contribution in [0.4, 0.5) is 0 Å². The highest BCUT2D eigenvalue weighted by Gasteiger charge is 2.26. The normalized spacial score (nSPS) is 23.4. The predicted molar refractivity (Wildman–Crippen MR) is 69.8 cm³/mol. The highest BCUT2D eigenvalue weighted by atomic mass is 35.5. The lowest BCUT2D eigenvalue weighted by molar-refractivity contribution is -0.0229. The van der Waals surface area contributed by atoms with Crippen LogP contribution in [0.2, 0.25) is 5.02 Å². The number of halogens is 1. The van der Waals surface area contributed by atoms with Gasteiger partial charge in [0.15, 0.2) is 0 Å². The van der Waals surface area contributed by atoms with Gasteiger partial charge in [0, 0.05) is 13.2 Å². The highest BCUT2D eigenvalue weighted by Crippen LogP contribution is 2.28. The average molecular weight is 266 g/mol. The third kappa shape index (κ3) is 2.95. The number of rotatable bonds is 3. The van der Waals surface area contributed by atoms with Crippen LogP contribution in [0.5, 0.6) is 5.75 Å². The van der Waals surface area contributed by atoms with Gasteiger partial charge in [0.05, 0.1) is 16.7 Å². The van der Waals surface area contributed by atoms with Crippen LogP contribution in [-0.4, -0.2) is 19.3 Å². The molecule has 0 N–H and O–H groups in total. The van der Waals surface area contributed by atoms with Gasteiger partial charge in [-0.05, 0) is 31.4 Å². The molecule has 0 radical (unpaired) electrons. The average Bonchev–Trinajstić information content (AvgIpc) is 2.39. The standard InChI is InChI=1S/C14H16ClNO2/c1-17-13-4-2-3-5-14(13)18-11-7-6-10(9-16)12(15)8-11/h6-8,13-14H,2-5H2,1H3. The second kappa shape index (κ2) is 6.08. The molecule has 1 aliphatic carbocycles. The summed E-state index contributed by atoms with van der Waals surface area (Å²) in [6.45, 7) is 0. The Morgan fingerprint density at radius 3 is 2.61 bits per heavy atom. The fourth-order valence-electron chi connectivity index (χ4n) is 2.30. The fraction of sp³-hybridized carbons (Fsp3) is 0.500. The molecular weight excluding hydrogens is 250 g/mol. The van der Waals surface area contributed by atoms with Crippen LogP contribution < -0.4 is 4.74 Å². The Morgan fingerprint density at radius 1 is 1.28 bits per heavy atom. The molecule has 2 unspecified atom stereocenters. The largest absolute Gasteiger partial charge is 0.488 e. The molecule has 0 amide bonds. The van der Waals surface area contributed by atoms with E-state index in [9.17, 15) is 0 Å². The second-order valence-corrected chi connectivity index (χ2v) is 4.88. The van der Waals surface area contributed by atoms with Gasteiger partial charge in [-0.1, -0.05) is 18.0 Å². The Balaban J connectivity index is 2.08. The molecule has 1 aromatic rings. The Morgan fingerprint density at radius 2 is 2.00 bits per heavy atom. The minimum atomic E-state index is 0.0766. The molecule has 0 bridgehead atoms. The first-order valence-corrected chi connectivity index (χ1v) is 6.51. The molecule has 18 heavy (non-hydrogen) atoms. The number of ether oxygens (including phenoxy) is 2. The van der Waals surface area contributed by atoms with Crippen molar-refractivity contribution in [1.82, 2.24) is 0 Å². The summed E-state index contributed by atoms with van der Waals surface area (Å²) in [7, 11) is 1.72. The summed E-state index contributed by atoms with van der Waals surface area (Å²) in [6, 6.07) is 7.20. The van der Waals surface area contributed by atoms with Gasteiger partial charge < -0.3 is 9.47 Å². The highest BCUT2D eigenvalue weighted by molar-refractivity contribution is 6.31. The van der Waals surface area contributed by atoms with E-state index in [-0.39, 0.29) is 12.2 Å². The van der Waals surface area contributed by atoms with Crippen LogP contribution in [-0.2, 0) is 4.74 Å². The molecule has 2 atom stereocenters. The smallest absolute Gasteiger partial charge is 0.125 e. The maximum absolute atomic E-state index is 8.82. The number of methoxy groups -OCH3 is 1. The van der Waals surface area contributed by atoms with Crippen molar-refractivity contribution in [3.05, 3.63) is 28.8 Å². The van der Waals surface area contributed by atoms with Crippen molar-refractivity contribution in [2.75, 3.05) is 7.11 Å². The number of hydrogen-bond acceptors (Lipinski definition) is 3. The van der Waals surface area contributed by atoms with Gasteiger partial charge >= 0.3 is 0 Å². The van der Waals surface area contributed by atoms with Gasteiger partial charge in [0.1, 0.15) is 17.9 Å². The first-order valence-electron chi connectivity index (χ1n) is 6.13. The molecule has 1 aromatic carbocycles. The maximum atomic E-state index is 8.82. The fourth-order valence-corrected chi connectivity index (χ4v) is 2.51.